The van der Waals surface area contributed by atoms with Crippen molar-refractivity contribution in [3.8, 4) is 5.75 Å². The van der Waals surface area contributed by atoms with Crippen LogP contribution in [-0.2, 0) is 15.2 Å². The van der Waals surface area contributed by atoms with Gasteiger partial charge in [0.05, 0.1) is 24.3 Å². The number of benzene rings is 2. The van der Waals surface area contributed by atoms with Gasteiger partial charge in [-0.05, 0) is 51.0 Å². The fraction of sp³-hybridized carbons (Fsp3) is 0.393. The molecule has 0 spiro atoms. The van der Waals surface area contributed by atoms with E-state index < -0.39 is 17.9 Å². The third-order valence-corrected chi connectivity index (χ3v) is 7.44. The first-order chi connectivity index (χ1) is 17.5. The lowest BCUT2D eigenvalue weighted by Crippen LogP contribution is -2.14. The predicted octanol–water partition coefficient (Wildman–Crippen LogP) is 6.57. The van der Waals surface area contributed by atoms with Crippen molar-refractivity contribution in [1.29, 1.82) is 0 Å². The fourth-order valence-corrected chi connectivity index (χ4v) is 5.67. The Hall–Kier alpha value is -3.26. The molecule has 2 aromatic carbocycles. The lowest BCUT2D eigenvalue weighted by molar-refractivity contribution is 0.0520. The van der Waals surface area contributed by atoms with Crippen molar-refractivity contribution in [2.45, 2.75) is 57.0 Å². The van der Waals surface area contributed by atoms with Crippen LogP contribution < -0.4 is 4.74 Å². The van der Waals surface area contributed by atoms with Crippen LogP contribution in [0.5, 0.6) is 5.75 Å². The monoisotopic (exact) mass is 510 g/mol. The van der Waals surface area contributed by atoms with Gasteiger partial charge < -0.3 is 18.6 Å². The number of hydrogen-bond acceptors (Lipinski definition) is 8. The number of fused-ring (bicyclic) bond motifs is 1. The van der Waals surface area contributed by atoms with E-state index in [9.17, 15) is 14.4 Å². The average molecular weight is 511 g/mol. The minimum absolute atomic E-state index is 0.0277. The second-order valence-electron chi connectivity index (χ2n) is 8.55. The number of para-hydroxylation sites is 1. The molecule has 0 amide bonds. The first-order valence-corrected chi connectivity index (χ1v) is 13.4. The molecule has 1 saturated carbocycles. The smallest absolute Gasteiger partial charge is 0.379 e. The van der Waals surface area contributed by atoms with Gasteiger partial charge in [-0.15, -0.1) is 0 Å². The van der Waals surface area contributed by atoms with E-state index in [1.807, 2.05) is 36.0 Å². The van der Waals surface area contributed by atoms with Gasteiger partial charge in [0.25, 0.3) is 0 Å². The molecule has 3 aromatic rings. The molecule has 1 aliphatic rings. The van der Waals surface area contributed by atoms with Crippen LogP contribution in [-0.4, -0.2) is 36.4 Å². The molecule has 0 radical (unpaired) electrons. The van der Waals surface area contributed by atoms with Crippen LogP contribution >= 0.6 is 11.8 Å². The van der Waals surface area contributed by atoms with Crippen molar-refractivity contribution in [2.75, 3.05) is 13.2 Å². The van der Waals surface area contributed by atoms with Gasteiger partial charge in [-0.1, -0.05) is 37.5 Å². The molecular formula is C28H30O7S. The highest BCUT2D eigenvalue weighted by Gasteiger charge is 2.25. The predicted molar refractivity (Wildman–Crippen MR) is 138 cm³/mol. The van der Waals surface area contributed by atoms with E-state index in [0.29, 0.717) is 16.6 Å². The summed E-state index contributed by atoms with van der Waals surface area (Å²) in [5.74, 6) is -1.17. The fourth-order valence-electron chi connectivity index (χ4n) is 4.32. The van der Waals surface area contributed by atoms with Gasteiger partial charge in [0.1, 0.15) is 11.3 Å². The highest BCUT2D eigenvalue weighted by atomic mass is 32.2. The van der Waals surface area contributed by atoms with E-state index >= 15 is 0 Å². The molecule has 1 aromatic heterocycles. The van der Waals surface area contributed by atoms with Crippen molar-refractivity contribution >= 4 is 40.6 Å². The van der Waals surface area contributed by atoms with E-state index in [4.69, 9.17) is 18.6 Å². The standard InChI is InChI=1S/C28H30O7S/c1-3-32-26(29)18-14-19(27(30)33-4-2)16-20(15-18)34-28(31)25-23(17-36-21-10-6-5-7-11-21)22-12-8-9-13-24(22)35-25/h8-9,12-16,21H,3-7,10-11,17H2,1-2H3. The first-order valence-electron chi connectivity index (χ1n) is 12.3. The molecule has 1 aliphatic carbocycles. The molecule has 190 valence electrons. The van der Waals surface area contributed by atoms with E-state index in [0.717, 1.165) is 10.9 Å². The van der Waals surface area contributed by atoms with Crippen LogP contribution in [0.1, 0.15) is 82.8 Å². The topological polar surface area (TPSA) is 92.0 Å². The summed E-state index contributed by atoms with van der Waals surface area (Å²) in [6.45, 7) is 3.70. The molecule has 1 fully saturated rings. The van der Waals surface area contributed by atoms with Crippen molar-refractivity contribution in [3.05, 3.63) is 64.9 Å². The molecule has 4 rings (SSSR count). The molecule has 0 bridgehead atoms. The number of hydrogen-bond donors (Lipinski definition) is 0. The summed E-state index contributed by atoms with van der Waals surface area (Å²) < 4.78 is 21.7. The third-order valence-electron chi connectivity index (χ3n) is 6.04. The zero-order valence-corrected chi connectivity index (χ0v) is 21.4. The molecule has 1 heterocycles. The van der Waals surface area contributed by atoms with Crippen LogP contribution in [0.2, 0.25) is 0 Å². The molecular weight excluding hydrogens is 480 g/mol. The van der Waals surface area contributed by atoms with Crippen molar-refractivity contribution < 1.29 is 33.0 Å². The lowest BCUT2D eigenvalue weighted by Gasteiger charge is -2.20. The van der Waals surface area contributed by atoms with E-state index in [1.165, 1.54) is 50.3 Å². The van der Waals surface area contributed by atoms with Gasteiger partial charge in [-0.2, -0.15) is 11.8 Å². The Morgan fingerprint density at radius 3 is 2.17 bits per heavy atom. The molecule has 7 nitrogen and oxygen atoms in total. The number of ether oxygens (including phenoxy) is 3. The minimum atomic E-state index is -0.693. The number of carbonyl (C=O) groups excluding carboxylic acids is 3. The maximum Gasteiger partial charge on any atom is 0.379 e. The highest BCUT2D eigenvalue weighted by molar-refractivity contribution is 7.99. The summed E-state index contributed by atoms with van der Waals surface area (Å²) in [7, 11) is 0. The molecule has 0 atom stereocenters. The van der Waals surface area contributed by atoms with Gasteiger partial charge >= 0.3 is 17.9 Å². The van der Waals surface area contributed by atoms with Crippen LogP contribution in [0, 0.1) is 0 Å². The maximum absolute atomic E-state index is 13.3. The van der Waals surface area contributed by atoms with E-state index in [2.05, 4.69) is 0 Å². The Morgan fingerprint density at radius 2 is 1.53 bits per heavy atom. The van der Waals surface area contributed by atoms with E-state index in [-0.39, 0.29) is 35.9 Å². The van der Waals surface area contributed by atoms with Crippen LogP contribution in [0.3, 0.4) is 0 Å². The number of furan rings is 1. The Labute approximate surface area is 214 Å². The number of carbonyl (C=O) groups is 3. The molecule has 0 saturated heterocycles. The average Bonchev–Trinajstić information content (AvgIpc) is 3.27. The van der Waals surface area contributed by atoms with Gasteiger partial charge in [0.2, 0.25) is 5.76 Å². The van der Waals surface area contributed by atoms with Crippen molar-refractivity contribution in [1.82, 2.24) is 0 Å². The number of esters is 3. The second-order valence-corrected chi connectivity index (χ2v) is 9.84. The van der Waals surface area contributed by atoms with Crippen LogP contribution in [0.15, 0.2) is 46.9 Å². The Balaban J connectivity index is 1.63. The zero-order chi connectivity index (χ0) is 25.5. The van der Waals surface area contributed by atoms with Gasteiger partial charge in [0, 0.05) is 22.0 Å². The lowest BCUT2D eigenvalue weighted by atomic mass is 10.0. The summed E-state index contributed by atoms with van der Waals surface area (Å²) in [6.07, 6.45) is 6.10. The largest absolute Gasteiger partial charge is 0.462 e. The molecule has 0 aliphatic heterocycles. The summed E-state index contributed by atoms with van der Waals surface area (Å²) in [6, 6.07) is 11.6. The summed E-state index contributed by atoms with van der Waals surface area (Å²) in [5.41, 5.74) is 1.57. The van der Waals surface area contributed by atoms with E-state index in [1.54, 1.807) is 13.8 Å². The Bertz CT molecular complexity index is 1200. The quantitative estimate of drug-likeness (QED) is 0.236. The molecule has 36 heavy (non-hydrogen) atoms. The molecule has 8 heteroatoms. The first kappa shape index (κ1) is 25.8. The maximum atomic E-state index is 13.3. The SMILES string of the molecule is CCOC(=O)c1cc(OC(=O)c2oc3ccccc3c2CSC2CCCCC2)cc(C(=O)OCC)c1. The Kier molecular flexibility index (Phi) is 8.70. The summed E-state index contributed by atoms with van der Waals surface area (Å²) in [5, 5.41) is 1.44. The Morgan fingerprint density at radius 1 is 0.889 bits per heavy atom. The molecule has 0 unspecified atom stereocenters. The van der Waals surface area contributed by atoms with Crippen LogP contribution in [0.25, 0.3) is 11.0 Å². The highest BCUT2D eigenvalue weighted by Crippen LogP contribution is 2.35. The van der Waals surface area contributed by atoms with Gasteiger partial charge in [-0.3, -0.25) is 0 Å². The molecule has 0 N–H and O–H groups in total. The minimum Gasteiger partial charge on any atom is -0.462 e. The summed E-state index contributed by atoms with van der Waals surface area (Å²) in [4.78, 5) is 38.0. The van der Waals surface area contributed by atoms with Gasteiger partial charge in [0.15, 0.2) is 0 Å². The number of thioether (sulfide) groups is 1. The van der Waals surface area contributed by atoms with Crippen LogP contribution in [0.4, 0.5) is 0 Å². The van der Waals surface area contributed by atoms with Crippen molar-refractivity contribution in [3.63, 3.8) is 0 Å². The van der Waals surface area contributed by atoms with Crippen molar-refractivity contribution in [2.24, 2.45) is 0 Å². The summed E-state index contributed by atoms with van der Waals surface area (Å²) >= 11 is 1.84. The second kappa shape index (κ2) is 12.1. The number of rotatable bonds is 9. The third kappa shape index (κ3) is 6.10. The normalized spacial score (nSPS) is 13.9. The zero-order valence-electron chi connectivity index (χ0n) is 20.5. The van der Waals surface area contributed by atoms with Gasteiger partial charge in [-0.25, -0.2) is 14.4 Å².